The van der Waals surface area contributed by atoms with E-state index in [1.807, 2.05) is 6.92 Å². The van der Waals surface area contributed by atoms with Crippen molar-refractivity contribution in [1.82, 2.24) is 0 Å². The van der Waals surface area contributed by atoms with E-state index in [0.717, 1.165) is 63.4 Å². The summed E-state index contributed by atoms with van der Waals surface area (Å²) in [6.07, 6.45) is 13.0. The zero-order valence-corrected chi connectivity index (χ0v) is 21.9. The molecule has 0 amide bonds. The van der Waals surface area contributed by atoms with Gasteiger partial charge >= 0.3 is 5.97 Å². The zero-order chi connectivity index (χ0) is 23.4. The highest BCUT2D eigenvalue weighted by molar-refractivity contribution is 6.69. The molecular formula is C26H46O4Si. The summed E-state index contributed by atoms with van der Waals surface area (Å²) in [4.78, 5) is 11.4. The van der Waals surface area contributed by atoms with E-state index < -0.39 is 13.9 Å². The van der Waals surface area contributed by atoms with E-state index in [4.69, 9.17) is 9.16 Å². The number of carbonyl (C=O) groups excluding carboxylic acids is 1. The summed E-state index contributed by atoms with van der Waals surface area (Å²) < 4.78 is 11.5. The molecule has 0 radical (unpaired) electrons. The average molecular weight is 451 g/mol. The molecule has 1 aliphatic carbocycles. The number of allylic oxidation sites excluding steroid dienone is 1. The maximum absolute atomic E-state index is 11.4. The Labute approximate surface area is 192 Å². The highest BCUT2D eigenvalue weighted by Crippen LogP contribution is 2.34. The van der Waals surface area contributed by atoms with Crippen molar-refractivity contribution >= 4 is 14.3 Å². The number of aliphatic hydroxyl groups is 1. The van der Waals surface area contributed by atoms with Crippen molar-refractivity contribution in [3.63, 3.8) is 0 Å². The van der Waals surface area contributed by atoms with Gasteiger partial charge < -0.3 is 14.3 Å². The SMILES string of the molecule is CCCCC(C)(CC#C[C@@]1(O)CCC=C1CCCCCCC(=O)OCC)O[Si](C)(C)C. The van der Waals surface area contributed by atoms with Crippen molar-refractivity contribution in [2.45, 2.75) is 129 Å². The molecule has 0 aromatic carbocycles. The molecule has 1 aliphatic rings. The fourth-order valence-corrected chi connectivity index (χ4v) is 5.90. The van der Waals surface area contributed by atoms with Gasteiger partial charge in [0.1, 0.15) is 5.60 Å². The van der Waals surface area contributed by atoms with E-state index in [2.05, 4.69) is 51.4 Å². The lowest BCUT2D eigenvalue weighted by molar-refractivity contribution is -0.143. The van der Waals surface area contributed by atoms with Crippen LogP contribution in [0.15, 0.2) is 11.6 Å². The lowest BCUT2D eigenvalue weighted by Crippen LogP contribution is -2.40. The van der Waals surface area contributed by atoms with Crippen molar-refractivity contribution in [1.29, 1.82) is 0 Å². The third kappa shape index (κ3) is 11.4. The van der Waals surface area contributed by atoms with Crippen LogP contribution in [0.4, 0.5) is 0 Å². The van der Waals surface area contributed by atoms with Gasteiger partial charge in [0.05, 0.1) is 12.2 Å². The van der Waals surface area contributed by atoms with Gasteiger partial charge in [0.2, 0.25) is 0 Å². The first-order valence-electron chi connectivity index (χ1n) is 12.3. The van der Waals surface area contributed by atoms with Crippen molar-refractivity contribution in [3.05, 3.63) is 11.6 Å². The summed E-state index contributed by atoms with van der Waals surface area (Å²) in [5.41, 5.74) is -0.132. The first-order valence-corrected chi connectivity index (χ1v) is 15.7. The van der Waals surface area contributed by atoms with Crippen molar-refractivity contribution < 1.29 is 19.1 Å². The van der Waals surface area contributed by atoms with Crippen LogP contribution in [-0.4, -0.2) is 37.2 Å². The second-order valence-electron chi connectivity index (χ2n) is 10.1. The third-order valence-electron chi connectivity index (χ3n) is 5.68. The van der Waals surface area contributed by atoms with Crippen LogP contribution in [0, 0.1) is 11.8 Å². The van der Waals surface area contributed by atoms with Crippen LogP contribution in [-0.2, 0) is 14.0 Å². The average Bonchev–Trinajstić information content (AvgIpc) is 3.02. The topological polar surface area (TPSA) is 55.8 Å². The smallest absolute Gasteiger partial charge is 0.305 e. The summed E-state index contributed by atoms with van der Waals surface area (Å²) in [5, 5.41) is 11.2. The number of hydrogen-bond donors (Lipinski definition) is 1. The predicted molar refractivity (Wildman–Crippen MR) is 131 cm³/mol. The summed E-state index contributed by atoms with van der Waals surface area (Å²) in [5.74, 6) is 6.43. The molecule has 0 heterocycles. The normalized spacial score (nSPS) is 20.5. The monoisotopic (exact) mass is 450 g/mol. The summed E-state index contributed by atoms with van der Waals surface area (Å²) >= 11 is 0. The summed E-state index contributed by atoms with van der Waals surface area (Å²) in [7, 11) is -1.67. The largest absolute Gasteiger partial charge is 0.466 e. The molecule has 0 spiro atoms. The summed E-state index contributed by atoms with van der Waals surface area (Å²) in [6.45, 7) is 13.3. The molecule has 1 unspecified atom stereocenters. The van der Waals surface area contributed by atoms with Crippen LogP contribution >= 0.6 is 0 Å². The minimum atomic E-state index is -1.67. The van der Waals surface area contributed by atoms with Crippen LogP contribution in [0.25, 0.3) is 0 Å². The molecule has 0 saturated carbocycles. The van der Waals surface area contributed by atoms with Crippen LogP contribution in [0.1, 0.15) is 97.8 Å². The molecule has 0 aromatic heterocycles. The van der Waals surface area contributed by atoms with Crippen molar-refractivity contribution in [3.8, 4) is 11.8 Å². The van der Waals surface area contributed by atoms with E-state index in [1.54, 1.807) is 0 Å². The first kappa shape index (κ1) is 27.9. The Morgan fingerprint density at radius 2 is 1.90 bits per heavy atom. The van der Waals surface area contributed by atoms with Gasteiger partial charge in [-0.15, -0.1) is 0 Å². The standard InChI is InChI=1S/C26H46O4Si/c1-7-9-19-25(3,30-31(4,5)6)20-15-22-26(28)21-14-17-23(26)16-12-10-11-13-18-24(27)29-8-2/h17,28H,7-14,16,18-21H2,1-6H3/t25?,26-/m0/s1. The molecule has 1 N–H and O–H groups in total. The van der Waals surface area contributed by atoms with Crippen molar-refractivity contribution in [2.24, 2.45) is 0 Å². The van der Waals surface area contributed by atoms with Gasteiger partial charge in [-0.2, -0.15) is 0 Å². The number of esters is 1. The maximum atomic E-state index is 11.4. The van der Waals surface area contributed by atoms with E-state index in [9.17, 15) is 9.90 Å². The molecule has 0 bridgehead atoms. The second-order valence-corrected chi connectivity index (χ2v) is 14.5. The van der Waals surface area contributed by atoms with Crippen LogP contribution in [0.5, 0.6) is 0 Å². The highest BCUT2D eigenvalue weighted by Gasteiger charge is 2.34. The summed E-state index contributed by atoms with van der Waals surface area (Å²) in [6, 6.07) is 0. The van der Waals surface area contributed by atoms with Gasteiger partial charge in [-0.05, 0) is 77.6 Å². The highest BCUT2D eigenvalue weighted by atomic mass is 28.4. The fourth-order valence-electron chi connectivity index (χ4n) is 4.25. The van der Waals surface area contributed by atoms with Gasteiger partial charge in [-0.3, -0.25) is 4.79 Å². The minimum absolute atomic E-state index is 0.102. The van der Waals surface area contributed by atoms with Gasteiger partial charge in [0.15, 0.2) is 8.32 Å². The molecule has 0 aromatic rings. The predicted octanol–water partition coefficient (Wildman–Crippen LogP) is 6.54. The molecule has 2 atom stereocenters. The van der Waals surface area contributed by atoms with E-state index >= 15 is 0 Å². The molecule has 0 aliphatic heterocycles. The number of ether oxygens (including phenoxy) is 1. The van der Waals surface area contributed by atoms with Crippen LogP contribution in [0.2, 0.25) is 19.6 Å². The minimum Gasteiger partial charge on any atom is -0.466 e. The Morgan fingerprint density at radius 3 is 2.55 bits per heavy atom. The molecule has 178 valence electrons. The van der Waals surface area contributed by atoms with Crippen molar-refractivity contribution in [2.75, 3.05) is 6.61 Å². The first-order chi connectivity index (χ1) is 14.5. The number of carbonyl (C=O) groups is 1. The van der Waals surface area contributed by atoms with E-state index in [-0.39, 0.29) is 11.6 Å². The molecule has 1 rings (SSSR count). The van der Waals surface area contributed by atoms with Crippen LogP contribution in [0.3, 0.4) is 0 Å². The van der Waals surface area contributed by atoms with Crippen LogP contribution < -0.4 is 0 Å². The van der Waals surface area contributed by atoms with Gasteiger partial charge in [-0.1, -0.05) is 50.5 Å². The van der Waals surface area contributed by atoms with E-state index in [1.165, 1.54) is 0 Å². The van der Waals surface area contributed by atoms with E-state index in [0.29, 0.717) is 25.9 Å². The fraction of sp³-hybridized carbons (Fsp3) is 0.808. The molecule has 0 fully saturated rings. The van der Waals surface area contributed by atoms with Gasteiger partial charge in [-0.25, -0.2) is 0 Å². The molecular weight excluding hydrogens is 404 g/mol. The quantitative estimate of drug-likeness (QED) is 0.107. The Bertz CT molecular complexity index is 640. The number of hydrogen-bond acceptors (Lipinski definition) is 4. The number of unbranched alkanes of at least 4 members (excludes halogenated alkanes) is 4. The Balaban J connectivity index is 2.55. The van der Waals surface area contributed by atoms with Gasteiger partial charge in [0, 0.05) is 12.8 Å². The Morgan fingerprint density at radius 1 is 1.19 bits per heavy atom. The molecule has 4 nitrogen and oxygen atoms in total. The molecule has 0 saturated heterocycles. The second kappa shape index (κ2) is 13.5. The Kier molecular flexibility index (Phi) is 12.1. The zero-order valence-electron chi connectivity index (χ0n) is 20.9. The molecule has 31 heavy (non-hydrogen) atoms. The number of rotatable bonds is 14. The maximum Gasteiger partial charge on any atom is 0.305 e. The third-order valence-corrected chi connectivity index (χ3v) is 6.78. The Hall–Kier alpha value is -1.09. The lowest BCUT2D eigenvalue weighted by Gasteiger charge is -2.35. The lowest BCUT2D eigenvalue weighted by atomic mass is 9.90. The van der Waals surface area contributed by atoms with Gasteiger partial charge in [0.25, 0.3) is 0 Å². The molecule has 5 heteroatoms.